The molecular weight excluding hydrogens is 1500 g/mol. The van der Waals surface area contributed by atoms with Gasteiger partial charge in [0.2, 0.25) is 0 Å². The summed E-state index contributed by atoms with van der Waals surface area (Å²) in [5.74, 6) is 0. The quantitative estimate of drug-likeness (QED) is 0.0249. The van der Waals surface area contributed by atoms with E-state index in [9.17, 15) is 45.2 Å². The van der Waals surface area contributed by atoms with Gasteiger partial charge in [-0.25, -0.2) is 12.3 Å². The van der Waals surface area contributed by atoms with Crippen LogP contribution in [0.4, 0.5) is 45.2 Å². The van der Waals surface area contributed by atoms with Crippen molar-refractivity contribution in [3.05, 3.63) is 0 Å². The number of hydrogen-bond donors (Lipinski definition) is 0. The number of likely N-dealkylation sites (N-methyl/N-ethyl adjacent to an activating group) is 3. The maximum absolute atomic E-state index is 12.9. The molecule has 0 aromatic rings. The zero-order chi connectivity index (χ0) is 66.9. The van der Waals surface area contributed by atoms with E-state index in [-0.39, 0.29) is 151 Å². The van der Waals surface area contributed by atoms with Crippen molar-refractivity contribution < 1.29 is 107 Å². The molecule has 0 saturated heterocycles. The van der Waals surface area contributed by atoms with Crippen LogP contribution in [0.1, 0.15) is 119 Å². The Bertz CT molecular complexity index is 1130. The lowest BCUT2D eigenvalue weighted by molar-refractivity contribution is 0.0857. The molecule has 0 saturated carbocycles. The van der Waals surface area contributed by atoms with Crippen LogP contribution in [0.3, 0.4) is 0 Å². The highest BCUT2D eigenvalue weighted by molar-refractivity contribution is 7.19. The van der Waals surface area contributed by atoms with Crippen LogP contribution in [0.2, 0.25) is 72.0 Å². The molecule has 0 spiro atoms. The summed E-state index contributed by atoms with van der Waals surface area (Å²) in [6.45, 7) is 25.9. The van der Waals surface area contributed by atoms with Gasteiger partial charge in [-0.3, -0.25) is 24.6 Å². The van der Waals surface area contributed by atoms with Crippen LogP contribution in [0.5, 0.6) is 0 Å². The van der Waals surface area contributed by atoms with E-state index in [4.69, 9.17) is 50.6 Å². The van der Waals surface area contributed by atoms with Crippen molar-refractivity contribution in [3.8, 4) is 0 Å². The Morgan fingerprint density at radius 2 is 0.384 bits per heavy atom. The van der Waals surface area contributed by atoms with Crippen molar-refractivity contribution in [3.63, 3.8) is 0 Å². The van der Waals surface area contributed by atoms with Crippen molar-refractivity contribution in [2.24, 2.45) is 0 Å². The fraction of sp³-hybridized carbons (Fsp3) is 1.00. The molecule has 0 fully saturated rings. The molecule has 0 bridgehead atoms. The highest BCUT2D eigenvalue weighted by Crippen LogP contribution is 2.10. The van der Waals surface area contributed by atoms with Gasteiger partial charge in [-0.05, 0) is 88.1 Å². The van der Waals surface area contributed by atoms with E-state index in [1.165, 1.54) is 21.3 Å². The molecule has 37 heteroatoms. The van der Waals surface area contributed by atoms with E-state index in [2.05, 4.69) is 64.2 Å². The van der Waals surface area contributed by atoms with Gasteiger partial charge < -0.3 is 84.5 Å². The number of ether oxygens (including phenoxy) is 13. The summed E-state index contributed by atoms with van der Waals surface area (Å²) in [5, 5.41) is 0. The summed E-state index contributed by atoms with van der Waals surface area (Å²) in [6, 6.07) is 0. The van der Waals surface area contributed by atoms with Gasteiger partial charge in [0, 0.05) is 55.2 Å². The maximum Gasteiger partial charge on any atom is 0.643 e. The molecule has 0 rings (SSSR count). The molecule has 0 atom stereocenters. The number of methoxy groups -OCH3 is 5. The van der Waals surface area contributed by atoms with E-state index < -0.39 is 91.8 Å². The molecule has 0 aromatic carbocycles. The van der Waals surface area contributed by atoms with Gasteiger partial charge in [-0.15, -0.1) is 0 Å². The Kier molecular flexibility index (Phi) is 180. The first-order valence-corrected chi connectivity index (χ1v) is 50.4. The molecule has 0 unspecified atom stereocenters. The number of hydrogen-bond acceptors (Lipinski definition) is 16. The van der Waals surface area contributed by atoms with Gasteiger partial charge in [-0.2, -0.15) is 22.2 Å². The summed E-state index contributed by atoms with van der Waals surface area (Å²) >= 11 is 12.0. The minimum Gasteiger partial charge on any atom is -0.382 e. The molecule has 0 aromatic heterocycles. The lowest BCUT2D eigenvalue weighted by Crippen LogP contribution is -2.29. The van der Waals surface area contributed by atoms with Crippen molar-refractivity contribution >= 4 is 89.0 Å². The Hall–Kier alpha value is 0.905. The van der Waals surface area contributed by atoms with Gasteiger partial charge in [-0.1, -0.05) is 145 Å². The average molecular weight is 1680 g/mol. The van der Waals surface area contributed by atoms with Gasteiger partial charge in [0.25, 0.3) is 16.8 Å². The summed E-state index contributed by atoms with van der Waals surface area (Å²) in [6.07, 6.45) is -0.137. The molecule has 642 valence electrons. The largest absolute Gasteiger partial charge is 0.643 e. The van der Waals surface area contributed by atoms with E-state index in [1.54, 1.807) is 59.4 Å². The zero-order valence-electron chi connectivity index (χ0n) is 54.5. The van der Waals surface area contributed by atoms with Gasteiger partial charge in [0.15, 0.2) is 14.8 Å². The SMILES string of the molecule is C.C.C.C.C.C.C.C.C.C.C.C.C.C.C.C.CN(C)CCOC[Si](C)(C)Cl.CN(C)CCOC[Si](C)(C)F.CN(C)CCOC[Si](F)(F)F.COCCOC[Si](C)(C)Cl.COCCOC[Si](C)(C)F.COCCOC[Si](C)(F)F.COCCOC[Si](C)(F)F.COCCOC[Si](C)(F)F. The average Bonchev–Trinajstić information content (AvgIpc) is 3.29. The molecule has 0 aliphatic rings. The molecular formula is C62H178Cl2F11N3O13Si8. The topological polar surface area (TPSA) is 130 Å². The fourth-order valence-corrected chi connectivity index (χ4v) is 8.52. The monoisotopic (exact) mass is 1680 g/mol. The van der Waals surface area contributed by atoms with E-state index >= 15 is 0 Å². The van der Waals surface area contributed by atoms with Crippen LogP contribution < -0.4 is 0 Å². The summed E-state index contributed by atoms with van der Waals surface area (Å²) in [5.41, 5.74) is 0. The predicted octanol–water partition coefficient (Wildman–Crippen LogP) is 20.5. The Labute approximate surface area is 631 Å². The Balaban J connectivity index is -0.0000000289. The molecule has 0 heterocycles. The highest BCUT2D eigenvalue weighted by atomic mass is 35.6. The summed E-state index contributed by atoms with van der Waals surface area (Å²) in [4.78, 5) is 5.90. The first-order chi connectivity index (χ1) is 37.6. The minimum absolute atomic E-state index is 0. The Morgan fingerprint density at radius 3 is 0.525 bits per heavy atom. The van der Waals surface area contributed by atoms with Crippen LogP contribution >= 0.6 is 22.2 Å². The molecule has 99 heavy (non-hydrogen) atoms. The van der Waals surface area contributed by atoms with Crippen LogP contribution in [-0.2, 0) is 61.6 Å². The van der Waals surface area contributed by atoms with Gasteiger partial charge in [0.1, 0.15) is 6.23 Å². The van der Waals surface area contributed by atoms with Crippen LogP contribution in [0, 0.1) is 0 Å². The second-order valence-electron chi connectivity index (χ2n) is 21.5. The van der Waals surface area contributed by atoms with E-state index in [0.29, 0.717) is 71.9 Å². The molecule has 0 aliphatic heterocycles. The second kappa shape index (κ2) is 105. The molecule has 16 nitrogen and oxygen atoms in total. The Morgan fingerprint density at radius 1 is 0.232 bits per heavy atom. The number of nitrogens with zero attached hydrogens (tertiary/aromatic N) is 3. The van der Waals surface area contributed by atoms with Crippen molar-refractivity contribution in [1.29, 1.82) is 0 Å². The smallest absolute Gasteiger partial charge is 0.382 e. The predicted molar refractivity (Wildman–Crippen MR) is 444 cm³/mol. The minimum atomic E-state index is -5.47. The third kappa shape index (κ3) is 259. The molecule has 0 aliphatic carbocycles. The zero-order valence-corrected chi connectivity index (χ0v) is 64.0. The van der Waals surface area contributed by atoms with E-state index in [1.807, 2.05) is 33.1 Å². The molecule has 0 N–H and O–H groups in total. The highest BCUT2D eigenvalue weighted by Gasteiger charge is 2.37. The summed E-state index contributed by atoms with van der Waals surface area (Å²) in [7, 11) is -6.03. The van der Waals surface area contributed by atoms with Gasteiger partial charge in [0.05, 0.1) is 130 Å². The van der Waals surface area contributed by atoms with Crippen LogP contribution in [-0.4, -0.2) is 315 Å². The molecule has 0 radical (unpaired) electrons. The third-order valence-corrected chi connectivity index (χ3v) is 14.2. The number of rotatable bonds is 40. The van der Waals surface area contributed by atoms with Crippen molar-refractivity contribution in [1.82, 2.24) is 14.7 Å². The second-order valence-corrected chi connectivity index (χ2v) is 51.3. The summed E-state index contributed by atoms with van der Waals surface area (Å²) < 4.78 is 196. The van der Waals surface area contributed by atoms with Crippen molar-refractivity contribution in [2.45, 2.75) is 191 Å². The number of halogens is 13. The first-order valence-electron chi connectivity index (χ1n) is 26.5. The van der Waals surface area contributed by atoms with Crippen LogP contribution in [0.25, 0.3) is 0 Å². The molecule has 0 amide bonds. The van der Waals surface area contributed by atoms with Crippen LogP contribution in [0.15, 0.2) is 0 Å². The standard InChI is InChI=1S/C7H18ClNOSi.C7H18FNOSi.C6H15ClO2Si.C6H15FO2Si.C5H12F3NOSi.3C5H12F2O2Si.16CH4/c2*1-9(2)5-6-10-7-11(3,4)8;2*1-8-4-5-9-6-10(2,3)7;1-9(2)3-4-10-5-11(6,7)8;3*1-8-3-4-9-5-10(2,6)7;;;;;;;;;;;;;;;;/h2*5-7H2,1-4H3;2*4-6H2,1-3H3;3-5H2,1-2H3;3*3-5H2,1-2H3;16*1H4. The van der Waals surface area contributed by atoms with Crippen molar-refractivity contribution in [2.75, 3.05) is 233 Å². The van der Waals surface area contributed by atoms with Gasteiger partial charge >= 0.3 is 35.3 Å². The van der Waals surface area contributed by atoms with E-state index in [0.717, 1.165) is 45.6 Å². The lowest BCUT2D eigenvalue weighted by Gasteiger charge is -2.14. The lowest BCUT2D eigenvalue weighted by atomic mass is 10.6. The third-order valence-electron chi connectivity index (χ3n) is 7.32. The fourth-order valence-electron chi connectivity index (χ4n) is 3.65. The normalized spacial score (nSPS) is 10.2. The first kappa shape index (κ1) is 170. The maximum atomic E-state index is 12.9.